The van der Waals surface area contributed by atoms with Crippen LogP contribution in [0.25, 0.3) is 21.8 Å². The molecule has 0 aliphatic heterocycles. The summed E-state index contributed by atoms with van der Waals surface area (Å²) in [4.78, 5) is 4.45. The number of rotatable bonds is 3. The van der Waals surface area contributed by atoms with Crippen molar-refractivity contribution in [3.8, 4) is 0 Å². The van der Waals surface area contributed by atoms with Crippen LogP contribution in [0.3, 0.4) is 0 Å². The Morgan fingerprint density at radius 1 is 1.25 bits per heavy atom. The normalized spacial score (nSPS) is 10.9. The number of halogens is 1. The zero-order valence-corrected chi connectivity index (χ0v) is 11.3. The van der Waals surface area contributed by atoms with E-state index in [4.69, 9.17) is 0 Å². The van der Waals surface area contributed by atoms with Gasteiger partial charge in [0, 0.05) is 17.3 Å². The minimum Gasteiger partial charge on any atom is -0.380 e. The minimum absolute atomic E-state index is 0.285. The zero-order chi connectivity index (χ0) is 14.1. The zero-order valence-electron chi connectivity index (χ0n) is 11.3. The van der Waals surface area contributed by atoms with Gasteiger partial charge >= 0.3 is 0 Å². The second kappa shape index (κ2) is 4.93. The van der Waals surface area contributed by atoms with Gasteiger partial charge in [0.05, 0.1) is 11.2 Å². The molecule has 0 saturated carbocycles. The quantitative estimate of drug-likeness (QED) is 0.560. The molecule has 1 heterocycles. The molecule has 1 aromatic heterocycles. The molecule has 0 bridgehead atoms. The van der Waals surface area contributed by atoms with E-state index in [1.807, 2.05) is 37.3 Å². The number of aromatic nitrogens is 1. The summed E-state index contributed by atoms with van der Waals surface area (Å²) >= 11 is 0. The second-order valence-electron chi connectivity index (χ2n) is 4.82. The summed E-state index contributed by atoms with van der Waals surface area (Å²) in [5, 5.41) is 5.11. The fraction of sp³-hybridized carbons (Fsp3) is 0.118. The molecule has 3 rings (SSSR count). The van der Waals surface area contributed by atoms with Gasteiger partial charge in [0.2, 0.25) is 0 Å². The van der Waals surface area contributed by atoms with Crippen molar-refractivity contribution < 1.29 is 4.39 Å². The third-order valence-corrected chi connectivity index (χ3v) is 3.31. The van der Waals surface area contributed by atoms with E-state index in [1.54, 1.807) is 6.08 Å². The number of para-hydroxylation sites is 1. The van der Waals surface area contributed by atoms with Gasteiger partial charge in [-0.1, -0.05) is 24.3 Å². The van der Waals surface area contributed by atoms with Crippen molar-refractivity contribution in [2.75, 3.05) is 11.9 Å². The topological polar surface area (TPSA) is 24.9 Å². The average molecular weight is 266 g/mol. The fourth-order valence-corrected chi connectivity index (χ4v) is 2.45. The molecule has 1 N–H and O–H groups in total. The molecule has 0 saturated heterocycles. The van der Waals surface area contributed by atoms with Gasteiger partial charge in [0.1, 0.15) is 11.3 Å². The first-order valence-corrected chi connectivity index (χ1v) is 6.54. The average Bonchev–Trinajstić information content (AvgIpc) is 2.44. The largest absolute Gasteiger partial charge is 0.380 e. The van der Waals surface area contributed by atoms with Crippen LogP contribution >= 0.6 is 0 Å². The third-order valence-electron chi connectivity index (χ3n) is 3.31. The lowest BCUT2D eigenvalue weighted by Crippen LogP contribution is -2.01. The van der Waals surface area contributed by atoms with Crippen molar-refractivity contribution in [1.29, 1.82) is 0 Å². The van der Waals surface area contributed by atoms with Crippen molar-refractivity contribution in [3.05, 3.63) is 60.4 Å². The molecular formula is C17H15FN2. The number of fused-ring (bicyclic) bond motifs is 2. The third kappa shape index (κ3) is 2.01. The Labute approximate surface area is 116 Å². The van der Waals surface area contributed by atoms with E-state index in [-0.39, 0.29) is 5.82 Å². The van der Waals surface area contributed by atoms with Crippen LogP contribution in [-0.4, -0.2) is 11.5 Å². The van der Waals surface area contributed by atoms with Crippen LogP contribution in [0.4, 0.5) is 10.1 Å². The van der Waals surface area contributed by atoms with E-state index in [2.05, 4.69) is 16.9 Å². The van der Waals surface area contributed by atoms with Crippen LogP contribution in [0.15, 0.2) is 49.1 Å². The summed E-state index contributed by atoms with van der Waals surface area (Å²) in [5.74, 6) is -0.285. The Hall–Kier alpha value is -2.42. The molecule has 100 valence electrons. The first kappa shape index (κ1) is 12.6. The predicted octanol–water partition coefficient (Wildman–Crippen LogP) is 4.43. The van der Waals surface area contributed by atoms with Gasteiger partial charge in [-0.25, -0.2) is 9.37 Å². The molecule has 2 nitrogen and oxygen atoms in total. The smallest absolute Gasteiger partial charge is 0.149 e. The number of nitrogens with one attached hydrogen (secondary N) is 1. The van der Waals surface area contributed by atoms with E-state index < -0.39 is 0 Å². The minimum atomic E-state index is -0.285. The number of hydrogen-bond acceptors (Lipinski definition) is 2. The molecule has 20 heavy (non-hydrogen) atoms. The van der Waals surface area contributed by atoms with Gasteiger partial charge in [-0.05, 0) is 30.7 Å². The highest BCUT2D eigenvalue weighted by Gasteiger charge is 2.12. The molecule has 0 amide bonds. The second-order valence-corrected chi connectivity index (χ2v) is 4.82. The molecule has 0 aliphatic rings. The van der Waals surface area contributed by atoms with E-state index >= 15 is 0 Å². The number of benzene rings is 2. The van der Waals surface area contributed by atoms with Gasteiger partial charge in [-0.15, -0.1) is 6.58 Å². The fourth-order valence-electron chi connectivity index (χ4n) is 2.45. The molecule has 0 atom stereocenters. The van der Waals surface area contributed by atoms with Crippen molar-refractivity contribution in [2.45, 2.75) is 6.92 Å². The van der Waals surface area contributed by atoms with Crippen LogP contribution in [0, 0.1) is 12.7 Å². The van der Waals surface area contributed by atoms with Gasteiger partial charge in [-0.2, -0.15) is 0 Å². The highest BCUT2D eigenvalue weighted by atomic mass is 19.1. The van der Waals surface area contributed by atoms with Crippen LogP contribution in [0.5, 0.6) is 0 Å². The monoisotopic (exact) mass is 266 g/mol. The van der Waals surface area contributed by atoms with Crippen molar-refractivity contribution >= 4 is 27.5 Å². The van der Waals surface area contributed by atoms with E-state index in [9.17, 15) is 4.39 Å². The molecule has 0 aliphatic carbocycles. The molecule has 3 aromatic rings. The molecule has 0 fully saturated rings. The molecule has 2 aromatic carbocycles. The number of pyridine rings is 1. The van der Waals surface area contributed by atoms with Crippen molar-refractivity contribution in [1.82, 2.24) is 4.98 Å². The Morgan fingerprint density at radius 2 is 2.05 bits per heavy atom. The van der Waals surface area contributed by atoms with Gasteiger partial charge in [0.15, 0.2) is 0 Å². The molecule has 0 radical (unpaired) electrons. The summed E-state index contributed by atoms with van der Waals surface area (Å²) in [6.45, 7) is 6.23. The SMILES string of the molecule is C=CCNc1c2ccccc2nc2c(F)cc(C)cc12. The predicted molar refractivity (Wildman–Crippen MR) is 82.6 cm³/mol. The van der Waals surface area contributed by atoms with Crippen LogP contribution in [-0.2, 0) is 0 Å². The lowest BCUT2D eigenvalue weighted by molar-refractivity contribution is 0.636. The molecule has 3 heteroatoms. The van der Waals surface area contributed by atoms with Crippen LogP contribution in [0.1, 0.15) is 5.56 Å². The molecular weight excluding hydrogens is 251 g/mol. The maximum absolute atomic E-state index is 14.2. The standard InChI is InChI=1S/C17H15FN2/c1-3-8-19-16-12-6-4-5-7-15(12)20-17-13(16)9-11(2)10-14(17)18/h3-7,9-10H,1,8H2,2H3,(H,19,20). The highest BCUT2D eigenvalue weighted by molar-refractivity contribution is 6.07. The number of aryl methyl sites for hydroxylation is 1. The first-order valence-electron chi connectivity index (χ1n) is 6.54. The first-order chi connectivity index (χ1) is 9.70. The number of hydrogen-bond donors (Lipinski definition) is 1. The van der Waals surface area contributed by atoms with Crippen molar-refractivity contribution in [3.63, 3.8) is 0 Å². The van der Waals surface area contributed by atoms with Gasteiger partial charge < -0.3 is 5.32 Å². The van der Waals surface area contributed by atoms with Crippen LogP contribution in [0.2, 0.25) is 0 Å². The number of anilines is 1. The van der Waals surface area contributed by atoms with Gasteiger partial charge in [-0.3, -0.25) is 0 Å². The van der Waals surface area contributed by atoms with E-state index in [0.29, 0.717) is 12.1 Å². The Kier molecular flexibility index (Phi) is 3.11. The Balaban J connectivity index is 2.44. The lowest BCUT2D eigenvalue weighted by atomic mass is 10.1. The Bertz CT molecular complexity index is 809. The summed E-state index contributed by atoms with van der Waals surface area (Å²) in [6, 6.07) is 11.2. The van der Waals surface area contributed by atoms with Gasteiger partial charge in [0.25, 0.3) is 0 Å². The van der Waals surface area contributed by atoms with E-state index in [1.165, 1.54) is 6.07 Å². The number of nitrogens with zero attached hydrogens (tertiary/aromatic N) is 1. The lowest BCUT2D eigenvalue weighted by Gasteiger charge is -2.13. The Morgan fingerprint density at radius 3 is 2.85 bits per heavy atom. The summed E-state index contributed by atoms with van der Waals surface area (Å²) in [5.41, 5.74) is 2.98. The highest BCUT2D eigenvalue weighted by Crippen LogP contribution is 2.32. The summed E-state index contributed by atoms with van der Waals surface area (Å²) < 4.78 is 14.2. The molecule has 0 unspecified atom stereocenters. The summed E-state index contributed by atoms with van der Waals surface area (Å²) in [6.07, 6.45) is 1.78. The van der Waals surface area contributed by atoms with Crippen molar-refractivity contribution in [2.24, 2.45) is 0 Å². The maximum Gasteiger partial charge on any atom is 0.149 e. The van der Waals surface area contributed by atoms with Crippen LogP contribution < -0.4 is 5.32 Å². The molecule has 0 spiro atoms. The van der Waals surface area contributed by atoms with E-state index in [0.717, 1.165) is 27.5 Å². The maximum atomic E-state index is 14.2. The summed E-state index contributed by atoms with van der Waals surface area (Å²) in [7, 11) is 0.